The van der Waals surface area contributed by atoms with Crippen LogP contribution in [0, 0.1) is 0 Å². The standard InChI is InChI=1S/C3H9NO4P/c4-3-8-9(6)7-2-1-5/h5H,1-4H2/q+1. The number of hydrogen-bond donors (Lipinski definition) is 2. The summed E-state index contributed by atoms with van der Waals surface area (Å²) < 4.78 is 19.0. The summed E-state index contributed by atoms with van der Waals surface area (Å²) in [7, 11) is -2.12. The van der Waals surface area contributed by atoms with Crippen LogP contribution in [0.15, 0.2) is 0 Å². The van der Waals surface area contributed by atoms with E-state index in [0.29, 0.717) is 0 Å². The van der Waals surface area contributed by atoms with Gasteiger partial charge in [0.2, 0.25) is 0 Å². The second-order valence-corrected chi connectivity index (χ2v) is 2.04. The molecule has 1 atom stereocenters. The summed E-state index contributed by atoms with van der Waals surface area (Å²) in [5.74, 6) is 0. The molecule has 0 aromatic heterocycles. The molecule has 0 saturated carbocycles. The average Bonchev–Trinajstić information content (AvgIpc) is 1.85. The highest BCUT2D eigenvalue weighted by atomic mass is 31.1. The van der Waals surface area contributed by atoms with Crippen LogP contribution in [0.25, 0.3) is 0 Å². The van der Waals surface area contributed by atoms with Crippen molar-refractivity contribution in [2.75, 3.05) is 19.9 Å². The van der Waals surface area contributed by atoms with Crippen molar-refractivity contribution in [3.8, 4) is 0 Å². The average molecular weight is 154 g/mol. The van der Waals surface area contributed by atoms with Gasteiger partial charge in [-0.2, -0.15) is 0 Å². The molecule has 0 heterocycles. The van der Waals surface area contributed by atoms with Crippen LogP contribution in [0.5, 0.6) is 0 Å². The Morgan fingerprint density at radius 3 is 2.67 bits per heavy atom. The van der Waals surface area contributed by atoms with Gasteiger partial charge in [-0.3, -0.25) is 0 Å². The molecule has 0 aliphatic rings. The van der Waals surface area contributed by atoms with Gasteiger partial charge in [0.15, 0.2) is 6.73 Å². The van der Waals surface area contributed by atoms with E-state index >= 15 is 0 Å². The van der Waals surface area contributed by atoms with E-state index in [9.17, 15) is 4.57 Å². The summed E-state index contributed by atoms with van der Waals surface area (Å²) in [4.78, 5) is 0. The lowest BCUT2D eigenvalue weighted by molar-refractivity contribution is 0.176. The van der Waals surface area contributed by atoms with Crippen LogP contribution in [-0.4, -0.2) is 25.1 Å². The molecule has 0 rings (SSSR count). The molecule has 6 heteroatoms. The second-order valence-electron chi connectivity index (χ2n) is 1.08. The van der Waals surface area contributed by atoms with Gasteiger partial charge in [-0.15, -0.1) is 9.05 Å². The zero-order chi connectivity index (χ0) is 7.11. The minimum absolute atomic E-state index is 0.00913. The molecule has 0 aliphatic carbocycles. The number of hydrogen-bond acceptors (Lipinski definition) is 5. The van der Waals surface area contributed by atoms with Gasteiger partial charge >= 0.3 is 8.25 Å². The van der Waals surface area contributed by atoms with E-state index in [2.05, 4.69) is 9.05 Å². The molecule has 0 spiro atoms. The van der Waals surface area contributed by atoms with E-state index in [-0.39, 0.29) is 19.9 Å². The molecule has 0 aromatic rings. The number of nitrogens with two attached hydrogens (primary N) is 1. The Hall–Kier alpha value is -0.0600. The molecule has 0 radical (unpaired) electrons. The molecule has 0 saturated heterocycles. The van der Waals surface area contributed by atoms with Crippen LogP contribution in [0.2, 0.25) is 0 Å². The van der Waals surface area contributed by atoms with E-state index < -0.39 is 8.25 Å². The third-order valence-corrected chi connectivity index (χ3v) is 1.22. The van der Waals surface area contributed by atoms with Gasteiger partial charge in [-0.25, -0.2) is 0 Å². The normalized spacial score (nSPS) is 11.6. The summed E-state index contributed by atoms with van der Waals surface area (Å²) in [5, 5.41) is 8.14. The van der Waals surface area contributed by atoms with Crippen LogP contribution >= 0.6 is 8.25 Å². The molecule has 54 valence electrons. The molecule has 0 aromatic carbocycles. The van der Waals surface area contributed by atoms with Gasteiger partial charge in [0.1, 0.15) is 6.61 Å². The van der Waals surface area contributed by atoms with Crippen LogP contribution in [0.1, 0.15) is 0 Å². The highest BCUT2D eigenvalue weighted by Gasteiger charge is 2.17. The Balaban J connectivity index is 3.06. The van der Waals surface area contributed by atoms with E-state index in [1.54, 1.807) is 0 Å². The number of aliphatic hydroxyl groups is 1. The molecule has 0 fully saturated rings. The van der Waals surface area contributed by atoms with Gasteiger partial charge in [-0.05, 0) is 0 Å². The van der Waals surface area contributed by atoms with Crippen LogP contribution < -0.4 is 5.73 Å². The molecular weight excluding hydrogens is 145 g/mol. The lowest BCUT2D eigenvalue weighted by Crippen LogP contribution is -2.00. The first-order valence-electron chi connectivity index (χ1n) is 2.35. The molecule has 5 nitrogen and oxygen atoms in total. The predicted molar refractivity (Wildman–Crippen MR) is 30.8 cm³/mol. The van der Waals surface area contributed by atoms with Gasteiger partial charge in [-0.1, -0.05) is 0 Å². The maximum atomic E-state index is 10.3. The topological polar surface area (TPSA) is 81.8 Å². The quantitative estimate of drug-likeness (QED) is 0.415. The minimum Gasteiger partial charge on any atom is -0.394 e. The molecular formula is C3H9NO4P+. The van der Waals surface area contributed by atoms with Gasteiger partial charge < -0.3 is 10.8 Å². The number of rotatable bonds is 5. The molecule has 0 aliphatic heterocycles. The largest absolute Gasteiger partial charge is 0.698 e. The van der Waals surface area contributed by atoms with Gasteiger partial charge in [0, 0.05) is 4.57 Å². The van der Waals surface area contributed by atoms with E-state index in [0.717, 1.165) is 0 Å². The Labute approximate surface area is 53.7 Å². The predicted octanol–water partition coefficient (Wildman–Crippen LogP) is -0.415. The fraction of sp³-hybridized carbons (Fsp3) is 1.00. The lowest BCUT2D eigenvalue weighted by Gasteiger charge is -1.83. The van der Waals surface area contributed by atoms with Crippen molar-refractivity contribution in [1.29, 1.82) is 0 Å². The van der Waals surface area contributed by atoms with Crippen molar-refractivity contribution in [2.45, 2.75) is 0 Å². The zero-order valence-electron chi connectivity index (χ0n) is 4.82. The summed E-state index contributed by atoms with van der Waals surface area (Å²) in [5.41, 5.74) is 4.85. The fourth-order valence-electron chi connectivity index (χ4n) is 0.213. The molecule has 1 unspecified atom stereocenters. The summed E-state index contributed by atoms with van der Waals surface area (Å²) in [6.07, 6.45) is 0. The van der Waals surface area contributed by atoms with Crippen molar-refractivity contribution in [2.24, 2.45) is 5.73 Å². The maximum absolute atomic E-state index is 10.3. The molecule has 3 N–H and O–H groups in total. The monoisotopic (exact) mass is 154 g/mol. The van der Waals surface area contributed by atoms with Gasteiger partial charge in [0.25, 0.3) is 0 Å². The first-order chi connectivity index (χ1) is 4.31. The third-order valence-electron chi connectivity index (χ3n) is 0.468. The fourth-order valence-corrected chi connectivity index (χ4v) is 0.640. The molecule has 0 bridgehead atoms. The number of aliphatic hydroxyl groups excluding tert-OH is 1. The smallest absolute Gasteiger partial charge is 0.394 e. The van der Waals surface area contributed by atoms with E-state index in [4.69, 9.17) is 10.8 Å². The highest BCUT2D eigenvalue weighted by Crippen LogP contribution is 2.21. The van der Waals surface area contributed by atoms with Crippen molar-refractivity contribution in [3.05, 3.63) is 0 Å². The first-order valence-corrected chi connectivity index (χ1v) is 3.44. The summed E-state index contributed by atoms with van der Waals surface area (Å²) in [6, 6.07) is 0. The molecule has 9 heavy (non-hydrogen) atoms. The Kier molecular flexibility index (Phi) is 6.03. The zero-order valence-corrected chi connectivity index (χ0v) is 5.71. The Morgan fingerprint density at radius 1 is 1.56 bits per heavy atom. The third kappa shape index (κ3) is 5.82. The van der Waals surface area contributed by atoms with Crippen molar-refractivity contribution in [3.63, 3.8) is 0 Å². The van der Waals surface area contributed by atoms with Crippen molar-refractivity contribution >= 4 is 8.25 Å². The Bertz CT molecular complexity index is 87.9. The SMILES string of the molecule is NCO[P+](=O)OCCO. The summed E-state index contributed by atoms with van der Waals surface area (Å²) >= 11 is 0. The van der Waals surface area contributed by atoms with Crippen molar-refractivity contribution in [1.82, 2.24) is 0 Å². The summed E-state index contributed by atoms with van der Waals surface area (Å²) in [6.45, 7) is -0.301. The van der Waals surface area contributed by atoms with Crippen LogP contribution in [0.4, 0.5) is 0 Å². The van der Waals surface area contributed by atoms with Gasteiger partial charge in [0.05, 0.1) is 6.61 Å². The van der Waals surface area contributed by atoms with Crippen LogP contribution in [-0.2, 0) is 13.6 Å². The van der Waals surface area contributed by atoms with Crippen LogP contribution in [0.3, 0.4) is 0 Å². The van der Waals surface area contributed by atoms with E-state index in [1.807, 2.05) is 0 Å². The van der Waals surface area contributed by atoms with Crippen molar-refractivity contribution < 1.29 is 18.7 Å². The molecule has 0 amide bonds. The van der Waals surface area contributed by atoms with E-state index in [1.165, 1.54) is 0 Å². The highest BCUT2D eigenvalue weighted by molar-refractivity contribution is 7.33. The second kappa shape index (κ2) is 6.07. The maximum Gasteiger partial charge on any atom is 0.698 e. The Morgan fingerprint density at radius 2 is 2.22 bits per heavy atom. The minimum atomic E-state index is -2.12. The lowest BCUT2D eigenvalue weighted by atomic mass is 10.8. The first kappa shape index (κ1) is 8.94.